The van der Waals surface area contributed by atoms with Crippen molar-refractivity contribution in [3.63, 3.8) is 0 Å². The van der Waals surface area contributed by atoms with Gasteiger partial charge in [-0.2, -0.15) is 0 Å². The molecule has 6 nitrogen and oxygen atoms in total. The van der Waals surface area contributed by atoms with E-state index >= 15 is 0 Å². The monoisotopic (exact) mass is 1010 g/mol. The Hall–Kier alpha value is -3.67. The van der Waals surface area contributed by atoms with Gasteiger partial charge < -0.3 is 14.2 Å². The largest absolute Gasteiger partial charge is 0.462 e. The molecule has 0 aliphatic heterocycles. The van der Waals surface area contributed by atoms with Crippen molar-refractivity contribution in [2.75, 3.05) is 13.2 Å². The summed E-state index contributed by atoms with van der Waals surface area (Å²) < 4.78 is 16.9. The maximum absolute atomic E-state index is 12.8. The molecule has 0 aromatic rings. The third-order valence-corrected chi connectivity index (χ3v) is 13.1. The minimum absolute atomic E-state index is 0.0820. The molecule has 6 heteroatoms. The molecule has 0 radical (unpaired) electrons. The summed E-state index contributed by atoms with van der Waals surface area (Å²) in [4.78, 5) is 38.1. The molecule has 0 rings (SSSR count). The zero-order valence-corrected chi connectivity index (χ0v) is 47.9. The van der Waals surface area contributed by atoms with E-state index in [4.69, 9.17) is 14.2 Å². The highest BCUT2D eigenvalue weighted by molar-refractivity contribution is 5.71. The molecule has 0 amide bonds. The van der Waals surface area contributed by atoms with Crippen LogP contribution in [0.15, 0.2) is 97.2 Å². The average Bonchev–Trinajstić information content (AvgIpc) is 3.39. The number of unbranched alkanes of at least 4 members (excludes halogenated alkanes) is 28. The summed E-state index contributed by atoms with van der Waals surface area (Å²) in [5.74, 6) is -0.897. The molecule has 1 atom stereocenters. The molecule has 0 fully saturated rings. The highest BCUT2D eigenvalue weighted by Gasteiger charge is 2.19. The molecule has 0 N–H and O–H groups in total. The van der Waals surface area contributed by atoms with Crippen molar-refractivity contribution in [3.05, 3.63) is 97.2 Å². The number of ether oxygens (including phenoxy) is 3. The van der Waals surface area contributed by atoms with Gasteiger partial charge in [-0.1, -0.05) is 266 Å². The van der Waals surface area contributed by atoms with E-state index in [1.54, 1.807) is 0 Å². The molecule has 0 bridgehead atoms. The third-order valence-electron chi connectivity index (χ3n) is 13.1. The Labute approximate surface area is 451 Å². The van der Waals surface area contributed by atoms with E-state index in [2.05, 4.69) is 118 Å². The van der Waals surface area contributed by atoms with Crippen LogP contribution < -0.4 is 0 Å². The van der Waals surface area contributed by atoms with Gasteiger partial charge in [0.25, 0.3) is 0 Å². The SMILES string of the molecule is CC/C=C\C/C=C\C/C=C\C/C=C\C/C=C\C/C=C\C/C=C\CCCCCCCCCC(=O)OCC(COC(=O)CCCCCCCCCCCC)OC(=O)CCCCCCC/C=C\CCCCCCCCC. The predicted molar refractivity (Wildman–Crippen MR) is 316 cm³/mol. The lowest BCUT2D eigenvalue weighted by molar-refractivity contribution is -0.167. The minimum Gasteiger partial charge on any atom is -0.462 e. The van der Waals surface area contributed by atoms with Crippen LogP contribution in [0, 0.1) is 0 Å². The highest BCUT2D eigenvalue weighted by atomic mass is 16.6. The molecule has 0 saturated heterocycles. The van der Waals surface area contributed by atoms with Crippen molar-refractivity contribution < 1.29 is 28.6 Å². The molecule has 0 spiro atoms. The maximum Gasteiger partial charge on any atom is 0.306 e. The molecule has 0 aromatic heterocycles. The molecule has 0 aromatic carbocycles. The minimum atomic E-state index is -0.785. The fourth-order valence-corrected chi connectivity index (χ4v) is 8.48. The number of rotatable bonds is 55. The van der Waals surface area contributed by atoms with Crippen LogP contribution in [0.5, 0.6) is 0 Å². The molecular weight excluding hydrogens is 901 g/mol. The molecular formula is C67H114O6. The zero-order chi connectivity index (χ0) is 52.9. The van der Waals surface area contributed by atoms with Gasteiger partial charge in [-0.05, 0) is 103 Å². The van der Waals surface area contributed by atoms with E-state index in [9.17, 15) is 14.4 Å². The van der Waals surface area contributed by atoms with Crippen LogP contribution in [-0.4, -0.2) is 37.2 Å². The van der Waals surface area contributed by atoms with Gasteiger partial charge in [0.05, 0.1) is 0 Å². The van der Waals surface area contributed by atoms with Gasteiger partial charge in [0.1, 0.15) is 13.2 Å². The van der Waals surface area contributed by atoms with Gasteiger partial charge in [0.2, 0.25) is 0 Å². The van der Waals surface area contributed by atoms with Crippen molar-refractivity contribution in [1.82, 2.24) is 0 Å². The van der Waals surface area contributed by atoms with Crippen molar-refractivity contribution in [2.24, 2.45) is 0 Å². The molecule has 0 aliphatic carbocycles. The molecule has 418 valence electrons. The van der Waals surface area contributed by atoms with E-state index < -0.39 is 6.10 Å². The van der Waals surface area contributed by atoms with Gasteiger partial charge in [0, 0.05) is 19.3 Å². The van der Waals surface area contributed by atoms with Crippen molar-refractivity contribution >= 4 is 17.9 Å². The summed E-state index contributed by atoms with van der Waals surface area (Å²) in [5, 5.41) is 0. The fourth-order valence-electron chi connectivity index (χ4n) is 8.48. The first-order chi connectivity index (χ1) is 36.0. The van der Waals surface area contributed by atoms with Gasteiger partial charge in [-0.15, -0.1) is 0 Å². The number of carbonyl (C=O) groups excluding carboxylic acids is 3. The highest BCUT2D eigenvalue weighted by Crippen LogP contribution is 2.15. The standard InChI is InChI=1S/C67H114O6/c1-4-7-10-13-16-19-22-24-26-28-29-30-31-32-33-34-35-36-37-38-39-40-42-43-45-48-51-54-57-60-66(69)72-63-64(62-71-65(68)59-56-53-50-47-21-18-15-12-9-6-3)73-67(70)61-58-55-52-49-46-44-41-27-25-23-20-17-14-11-8-5-2/h7,10,16,19,24,26-27,29-30,32-33,35-36,38-39,41,64H,4-6,8-9,11-15,17-18,20-23,25,28,31,34,37,40,42-63H2,1-3H3/b10-7-,19-16-,26-24-,30-29-,33-32-,36-35-,39-38-,41-27-. The van der Waals surface area contributed by atoms with E-state index in [1.807, 2.05) is 0 Å². The van der Waals surface area contributed by atoms with E-state index in [1.165, 1.54) is 128 Å². The first kappa shape index (κ1) is 69.3. The van der Waals surface area contributed by atoms with Crippen LogP contribution >= 0.6 is 0 Å². The molecule has 1 unspecified atom stereocenters. The van der Waals surface area contributed by atoms with Gasteiger partial charge in [0.15, 0.2) is 6.10 Å². The van der Waals surface area contributed by atoms with E-state index in [0.717, 1.165) is 122 Å². The van der Waals surface area contributed by atoms with E-state index in [0.29, 0.717) is 19.3 Å². The van der Waals surface area contributed by atoms with Crippen LogP contribution in [0.4, 0.5) is 0 Å². The Morgan fingerprint density at radius 1 is 0.288 bits per heavy atom. The Balaban J connectivity index is 4.27. The second-order valence-corrected chi connectivity index (χ2v) is 20.2. The normalized spacial score (nSPS) is 12.8. The Morgan fingerprint density at radius 2 is 0.534 bits per heavy atom. The quantitative estimate of drug-likeness (QED) is 0.0261. The van der Waals surface area contributed by atoms with Crippen molar-refractivity contribution in [3.8, 4) is 0 Å². The summed E-state index contributed by atoms with van der Waals surface area (Å²) in [7, 11) is 0. The molecule has 0 aliphatic rings. The first-order valence-electron chi connectivity index (χ1n) is 30.7. The summed E-state index contributed by atoms with van der Waals surface area (Å²) in [5.41, 5.74) is 0. The third kappa shape index (κ3) is 59.1. The predicted octanol–water partition coefficient (Wildman–Crippen LogP) is 20.9. The lowest BCUT2D eigenvalue weighted by atomic mass is 10.1. The zero-order valence-electron chi connectivity index (χ0n) is 47.9. The van der Waals surface area contributed by atoms with Crippen molar-refractivity contribution in [1.29, 1.82) is 0 Å². The lowest BCUT2D eigenvalue weighted by Gasteiger charge is -2.18. The smallest absolute Gasteiger partial charge is 0.306 e. The van der Waals surface area contributed by atoms with Crippen LogP contribution in [0.1, 0.15) is 290 Å². The Morgan fingerprint density at radius 3 is 0.849 bits per heavy atom. The lowest BCUT2D eigenvalue weighted by Crippen LogP contribution is -2.30. The Kier molecular flexibility index (Phi) is 57.8. The molecule has 0 heterocycles. The number of allylic oxidation sites excluding steroid dienone is 16. The second kappa shape index (κ2) is 60.9. The average molecular weight is 1020 g/mol. The maximum atomic E-state index is 12.8. The van der Waals surface area contributed by atoms with Gasteiger partial charge in [-0.25, -0.2) is 0 Å². The molecule has 0 saturated carbocycles. The number of hydrogen-bond acceptors (Lipinski definition) is 6. The number of esters is 3. The van der Waals surface area contributed by atoms with Gasteiger partial charge >= 0.3 is 17.9 Å². The summed E-state index contributed by atoms with van der Waals surface area (Å²) >= 11 is 0. The van der Waals surface area contributed by atoms with Gasteiger partial charge in [-0.3, -0.25) is 14.4 Å². The first-order valence-corrected chi connectivity index (χ1v) is 30.7. The summed E-state index contributed by atoms with van der Waals surface area (Å²) in [6, 6.07) is 0. The van der Waals surface area contributed by atoms with Crippen molar-refractivity contribution in [2.45, 2.75) is 297 Å². The Bertz CT molecular complexity index is 1440. The van der Waals surface area contributed by atoms with E-state index in [-0.39, 0.29) is 31.1 Å². The number of carbonyl (C=O) groups is 3. The van der Waals surface area contributed by atoms with Crippen LogP contribution in [-0.2, 0) is 28.6 Å². The van der Waals surface area contributed by atoms with Crippen LogP contribution in [0.25, 0.3) is 0 Å². The van der Waals surface area contributed by atoms with Crippen LogP contribution in [0.2, 0.25) is 0 Å². The fraction of sp³-hybridized carbons (Fsp3) is 0.716. The second-order valence-electron chi connectivity index (χ2n) is 20.2. The topological polar surface area (TPSA) is 78.9 Å². The van der Waals surface area contributed by atoms with Crippen LogP contribution in [0.3, 0.4) is 0 Å². The summed E-state index contributed by atoms with van der Waals surface area (Å²) in [6.07, 6.45) is 81.2. The molecule has 73 heavy (non-hydrogen) atoms. The summed E-state index contributed by atoms with van der Waals surface area (Å²) in [6.45, 7) is 6.51. The number of hydrogen-bond donors (Lipinski definition) is 0.